The van der Waals surface area contributed by atoms with E-state index < -0.39 is 26.4 Å². The zero-order chi connectivity index (χ0) is 26.8. The first-order valence-corrected chi connectivity index (χ1v) is 19.4. The van der Waals surface area contributed by atoms with Gasteiger partial charge in [-0.15, -0.1) is 0 Å². The summed E-state index contributed by atoms with van der Waals surface area (Å²) < 4.78 is 50.4. The predicted octanol–water partition coefficient (Wildman–Crippen LogP) is 3.66. The monoisotopic (exact) mass is 574 g/mol. The Bertz CT molecular complexity index is 425. The second-order valence-corrected chi connectivity index (χ2v) is 20.7. The van der Waals surface area contributed by atoms with E-state index in [9.17, 15) is 0 Å². The molecule has 0 heterocycles. The van der Waals surface area contributed by atoms with Gasteiger partial charge in [-0.3, -0.25) is 0 Å². The fourth-order valence-electron chi connectivity index (χ4n) is 4.72. The van der Waals surface area contributed by atoms with Gasteiger partial charge in [0.15, 0.2) is 0 Å². The minimum atomic E-state index is -2.51. The van der Waals surface area contributed by atoms with E-state index >= 15 is 0 Å². The Labute approximate surface area is 221 Å². The van der Waals surface area contributed by atoms with Gasteiger partial charge in [0.1, 0.15) is 0 Å². The summed E-state index contributed by atoms with van der Waals surface area (Å²) >= 11 is 0. The Kier molecular flexibility index (Phi) is 19.0. The number of rotatable bonds is 24. The van der Waals surface area contributed by atoms with Crippen LogP contribution < -0.4 is 0 Å². The minimum Gasteiger partial charge on any atom is -0.377 e. The summed E-state index contributed by atoms with van der Waals surface area (Å²) in [6.45, 7) is 0. The van der Waals surface area contributed by atoms with Gasteiger partial charge >= 0.3 is 26.4 Å². The second kappa shape index (κ2) is 18.7. The van der Waals surface area contributed by atoms with E-state index in [4.69, 9.17) is 39.8 Å². The summed E-state index contributed by atoms with van der Waals surface area (Å²) in [7, 11) is 8.78. The molecule has 13 heteroatoms. The minimum absolute atomic E-state index is 0.381. The molecule has 0 aromatic heterocycles. The van der Waals surface area contributed by atoms with Crippen LogP contribution in [-0.2, 0) is 39.8 Å². The lowest BCUT2D eigenvalue weighted by molar-refractivity contribution is 0.122. The van der Waals surface area contributed by atoms with E-state index in [1.165, 1.54) is 19.3 Å². The molecule has 0 aliphatic carbocycles. The molecule has 0 unspecified atom stereocenters. The molecule has 0 saturated carbocycles. The summed E-state index contributed by atoms with van der Waals surface area (Å²) in [6.07, 6.45) is 10.2. The Hall–Kier alpha value is 0.508. The van der Waals surface area contributed by atoms with Gasteiger partial charge in [-0.05, 0) is 24.3 Å². The van der Waals surface area contributed by atoms with Crippen molar-refractivity contribution in [1.82, 2.24) is 0 Å². The lowest BCUT2D eigenvalue weighted by atomic mass is 9.89. The zero-order valence-corrected chi connectivity index (χ0v) is 29.2. The van der Waals surface area contributed by atoms with Crippen LogP contribution in [0.5, 0.6) is 0 Å². The molecule has 0 fully saturated rings. The van der Waals surface area contributed by atoms with Crippen LogP contribution in [0.1, 0.15) is 57.8 Å². The average Bonchev–Trinajstić information content (AvgIpc) is 2.90. The van der Waals surface area contributed by atoms with Gasteiger partial charge < -0.3 is 39.8 Å². The fourth-order valence-corrected chi connectivity index (χ4v) is 11.2. The van der Waals surface area contributed by atoms with E-state index in [1.54, 1.807) is 64.0 Å². The van der Waals surface area contributed by atoms with Crippen molar-refractivity contribution in [1.29, 1.82) is 0 Å². The third kappa shape index (κ3) is 12.3. The lowest BCUT2D eigenvalue weighted by Crippen LogP contribution is -2.42. The van der Waals surface area contributed by atoms with Crippen molar-refractivity contribution in [3.63, 3.8) is 0 Å². The van der Waals surface area contributed by atoms with Crippen molar-refractivity contribution in [2.24, 2.45) is 0 Å². The molecule has 0 aliphatic rings. The molecule has 212 valence electrons. The van der Waals surface area contributed by atoms with E-state index in [-0.39, 0.29) is 0 Å². The number of hydrogen-bond acceptors (Lipinski definition) is 9. The van der Waals surface area contributed by atoms with E-state index in [0.717, 1.165) is 66.9 Å². The highest BCUT2D eigenvalue weighted by atomic mass is 28.4. The highest BCUT2D eigenvalue weighted by molar-refractivity contribution is 6.61. The highest BCUT2D eigenvalue weighted by Gasteiger charge is 2.39. The third-order valence-electron chi connectivity index (χ3n) is 7.34. The highest BCUT2D eigenvalue weighted by Crippen LogP contribution is 2.41. The molecule has 0 bridgehead atoms. The molecule has 9 nitrogen and oxygen atoms in total. The van der Waals surface area contributed by atoms with Gasteiger partial charge in [-0.2, -0.15) is 0 Å². The summed E-state index contributed by atoms with van der Waals surface area (Å²) in [5.74, 6) is 0. The smallest absolute Gasteiger partial charge is 0.377 e. The van der Waals surface area contributed by atoms with Gasteiger partial charge in [-0.1, -0.05) is 38.5 Å². The normalized spacial score (nSPS) is 13.6. The molecule has 0 rings (SSSR count). The van der Waals surface area contributed by atoms with Crippen LogP contribution in [0.3, 0.4) is 0 Å². The van der Waals surface area contributed by atoms with Crippen molar-refractivity contribution < 1.29 is 39.8 Å². The summed E-state index contributed by atoms with van der Waals surface area (Å²) in [5, 5.41) is 0.381. The fraction of sp³-hybridized carbons (Fsp3) is 1.00. The van der Waals surface area contributed by atoms with Gasteiger partial charge in [0.05, 0.1) is 0 Å². The quantitative estimate of drug-likeness (QED) is 0.127. The standard InChI is InChI=1S/C22H54O9Si4/c1-23-33(24-2,25-3)19-13-10-16-22(32,17-11-14-20-34(26-4,27-5)28-6)18-12-15-21-35(29-7,30-8)31-9/h10-21H2,1-9,32H3. The van der Waals surface area contributed by atoms with Crippen LogP contribution in [0, 0.1) is 0 Å². The van der Waals surface area contributed by atoms with Crippen LogP contribution in [0.2, 0.25) is 23.2 Å². The maximum atomic E-state index is 5.59. The van der Waals surface area contributed by atoms with Crippen molar-refractivity contribution in [2.45, 2.75) is 81.0 Å². The molecule has 0 atom stereocenters. The average molecular weight is 575 g/mol. The van der Waals surface area contributed by atoms with E-state index in [0.29, 0.717) is 5.04 Å². The Morgan fingerprint density at radius 2 is 0.600 bits per heavy atom. The zero-order valence-electron chi connectivity index (χ0n) is 24.2. The molecule has 0 aromatic rings. The molecule has 0 amide bonds. The molecular weight excluding hydrogens is 521 g/mol. The molecular formula is C22H54O9Si4. The van der Waals surface area contributed by atoms with Crippen LogP contribution in [-0.4, -0.2) is 101 Å². The van der Waals surface area contributed by atoms with Crippen molar-refractivity contribution in [2.75, 3.05) is 64.0 Å². The maximum absolute atomic E-state index is 5.59. The van der Waals surface area contributed by atoms with Crippen LogP contribution in [0.15, 0.2) is 0 Å². The van der Waals surface area contributed by atoms with Gasteiger partial charge in [0.2, 0.25) is 0 Å². The molecule has 0 spiro atoms. The number of hydrogen-bond donors (Lipinski definition) is 0. The van der Waals surface area contributed by atoms with E-state index in [1.807, 2.05) is 0 Å². The first-order valence-electron chi connectivity index (χ1n) is 12.6. The predicted molar refractivity (Wildman–Crippen MR) is 149 cm³/mol. The van der Waals surface area contributed by atoms with Crippen molar-refractivity contribution >= 4 is 36.7 Å². The summed E-state index contributed by atoms with van der Waals surface area (Å²) in [4.78, 5) is 0. The largest absolute Gasteiger partial charge is 0.500 e. The Balaban J connectivity index is 4.96. The van der Waals surface area contributed by atoms with Gasteiger partial charge in [0.25, 0.3) is 0 Å². The Morgan fingerprint density at radius 1 is 0.400 bits per heavy atom. The topological polar surface area (TPSA) is 83.1 Å². The molecule has 0 saturated heterocycles. The third-order valence-corrected chi connectivity index (χ3v) is 17.3. The molecule has 0 aromatic carbocycles. The van der Waals surface area contributed by atoms with Gasteiger partial charge in [0, 0.05) is 92.4 Å². The van der Waals surface area contributed by atoms with Crippen LogP contribution in [0.25, 0.3) is 0 Å². The molecule has 0 radical (unpaired) electrons. The first kappa shape index (κ1) is 35.5. The van der Waals surface area contributed by atoms with E-state index in [2.05, 4.69) is 0 Å². The second-order valence-electron chi connectivity index (χ2n) is 9.32. The number of unbranched alkanes of at least 4 members (excludes halogenated alkanes) is 3. The SMILES string of the molecule is CO[Si](CCCCC([SiH3])(CCCC[Si](OC)(OC)OC)CCCC[Si](OC)(OC)OC)(OC)OC. The van der Waals surface area contributed by atoms with Crippen LogP contribution >= 0.6 is 0 Å². The van der Waals surface area contributed by atoms with Crippen molar-refractivity contribution in [3.8, 4) is 0 Å². The summed E-state index contributed by atoms with van der Waals surface area (Å²) in [5.41, 5.74) is 0. The molecule has 35 heavy (non-hydrogen) atoms. The lowest BCUT2D eigenvalue weighted by Gasteiger charge is -2.32. The molecule has 0 aliphatic heterocycles. The Morgan fingerprint density at radius 3 is 0.771 bits per heavy atom. The van der Waals surface area contributed by atoms with Crippen molar-refractivity contribution in [3.05, 3.63) is 0 Å². The summed E-state index contributed by atoms with van der Waals surface area (Å²) in [6, 6.07) is 2.55. The maximum Gasteiger partial charge on any atom is 0.500 e. The van der Waals surface area contributed by atoms with Crippen LogP contribution in [0.4, 0.5) is 0 Å². The molecule has 0 N–H and O–H groups in total. The van der Waals surface area contributed by atoms with Gasteiger partial charge in [-0.25, -0.2) is 0 Å². The first-order chi connectivity index (χ1) is 16.7.